The minimum atomic E-state index is -0.506. The van der Waals surface area contributed by atoms with Crippen molar-refractivity contribution in [1.29, 1.82) is 0 Å². The fourth-order valence-corrected chi connectivity index (χ4v) is 3.22. The van der Waals surface area contributed by atoms with E-state index in [1.807, 2.05) is 42.5 Å². The number of halogens is 1. The van der Waals surface area contributed by atoms with Gasteiger partial charge < -0.3 is 15.2 Å². The summed E-state index contributed by atoms with van der Waals surface area (Å²) in [6.07, 6.45) is 1.37. The number of carbonyl (C=O) groups is 1. The van der Waals surface area contributed by atoms with Crippen molar-refractivity contribution in [3.05, 3.63) is 64.6 Å². The predicted molar refractivity (Wildman–Crippen MR) is 115 cm³/mol. The van der Waals surface area contributed by atoms with Gasteiger partial charge in [0.1, 0.15) is 6.04 Å². The average molecular weight is 442 g/mol. The quantitative estimate of drug-likeness (QED) is 0.394. The van der Waals surface area contributed by atoms with Gasteiger partial charge >= 0.3 is 0 Å². The second-order valence-corrected chi connectivity index (χ2v) is 7.09. The van der Waals surface area contributed by atoms with E-state index in [1.165, 1.54) is 13.3 Å². The Morgan fingerprint density at radius 3 is 2.75 bits per heavy atom. The van der Waals surface area contributed by atoms with Crippen LogP contribution in [0.15, 0.2) is 64.2 Å². The molecule has 144 valence electrons. The van der Waals surface area contributed by atoms with Crippen LogP contribution in [0.25, 0.3) is 10.8 Å². The van der Waals surface area contributed by atoms with Crippen LogP contribution in [0.5, 0.6) is 11.5 Å². The molecule has 0 saturated carbocycles. The van der Waals surface area contributed by atoms with Crippen LogP contribution in [0.1, 0.15) is 12.5 Å². The van der Waals surface area contributed by atoms with E-state index in [2.05, 4.69) is 31.8 Å². The number of benzene rings is 3. The Morgan fingerprint density at radius 2 is 1.96 bits per heavy atom. The van der Waals surface area contributed by atoms with Gasteiger partial charge in [0.25, 0.3) is 5.91 Å². The summed E-state index contributed by atoms with van der Waals surface area (Å²) in [6, 6.07) is 16.7. The first kappa shape index (κ1) is 19.7. The van der Waals surface area contributed by atoms with Crippen molar-refractivity contribution in [3.63, 3.8) is 0 Å². The number of hydrogen-bond acceptors (Lipinski definition) is 5. The standard InChI is InChI=1S/C21H20BrN3O3/c1-13(24-18-9-5-7-14-6-3-4-8-17(14)18)21(27)25-23-12-15-10-16(22)11-19(28-2)20(15)26/h3-13,24,26H,1-2H3,(H,25,27). The highest BCUT2D eigenvalue weighted by molar-refractivity contribution is 9.10. The van der Waals surface area contributed by atoms with Gasteiger partial charge in [-0.2, -0.15) is 5.10 Å². The first-order valence-corrected chi connectivity index (χ1v) is 9.42. The second-order valence-electron chi connectivity index (χ2n) is 6.17. The van der Waals surface area contributed by atoms with Gasteiger partial charge in [0.15, 0.2) is 11.5 Å². The van der Waals surface area contributed by atoms with Crippen molar-refractivity contribution < 1.29 is 14.6 Å². The number of hydrazone groups is 1. The molecule has 1 atom stereocenters. The third-order valence-electron chi connectivity index (χ3n) is 4.22. The van der Waals surface area contributed by atoms with E-state index in [0.717, 1.165) is 20.9 Å². The van der Waals surface area contributed by atoms with Crippen LogP contribution in [-0.2, 0) is 4.79 Å². The maximum atomic E-state index is 12.4. The largest absolute Gasteiger partial charge is 0.504 e. The molecule has 3 aromatic rings. The van der Waals surface area contributed by atoms with Gasteiger partial charge in [-0.05, 0) is 30.5 Å². The highest BCUT2D eigenvalue weighted by Gasteiger charge is 2.13. The number of carbonyl (C=O) groups excluding carboxylic acids is 1. The van der Waals surface area contributed by atoms with E-state index < -0.39 is 6.04 Å². The number of phenolic OH excluding ortho intramolecular Hbond substituents is 1. The lowest BCUT2D eigenvalue weighted by Gasteiger charge is -2.15. The summed E-state index contributed by atoms with van der Waals surface area (Å²) < 4.78 is 5.82. The number of nitrogens with one attached hydrogen (secondary N) is 2. The van der Waals surface area contributed by atoms with Crippen LogP contribution in [-0.4, -0.2) is 30.4 Å². The molecule has 0 aliphatic carbocycles. The minimum absolute atomic E-state index is 0.0503. The second kappa shape index (κ2) is 8.75. The number of nitrogens with zero attached hydrogens (tertiary/aromatic N) is 1. The summed E-state index contributed by atoms with van der Waals surface area (Å²) in [6.45, 7) is 1.76. The summed E-state index contributed by atoms with van der Waals surface area (Å²) in [5.41, 5.74) is 3.78. The average Bonchev–Trinajstić information content (AvgIpc) is 2.70. The SMILES string of the molecule is COc1cc(Br)cc(C=NNC(=O)C(C)Nc2cccc3ccccc23)c1O. The van der Waals surface area contributed by atoms with E-state index >= 15 is 0 Å². The van der Waals surface area contributed by atoms with E-state index in [-0.39, 0.29) is 11.7 Å². The van der Waals surface area contributed by atoms with E-state index in [1.54, 1.807) is 19.1 Å². The number of aromatic hydroxyl groups is 1. The van der Waals surface area contributed by atoms with Gasteiger partial charge in [0, 0.05) is 21.1 Å². The molecule has 0 radical (unpaired) electrons. The lowest BCUT2D eigenvalue weighted by molar-refractivity contribution is -0.121. The Labute approximate surface area is 171 Å². The number of fused-ring (bicyclic) bond motifs is 1. The molecule has 28 heavy (non-hydrogen) atoms. The number of methoxy groups -OCH3 is 1. The number of amides is 1. The molecule has 0 spiro atoms. The van der Waals surface area contributed by atoms with Crippen LogP contribution in [0.2, 0.25) is 0 Å². The zero-order valence-electron chi connectivity index (χ0n) is 15.4. The normalized spacial score (nSPS) is 12.1. The molecule has 0 fully saturated rings. The molecule has 0 bridgehead atoms. The fourth-order valence-electron chi connectivity index (χ4n) is 2.76. The van der Waals surface area contributed by atoms with Crippen molar-refractivity contribution in [2.45, 2.75) is 13.0 Å². The monoisotopic (exact) mass is 441 g/mol. The van der Waals surface area contributed by atoms with Crippen molar-refractivity contribution in [2.24, 2.45) is 5.10 Å². The van der Waals surface area contributed by atoms with E-state index in [9.17, 15) is 9.90 Å². The van der Waals surface area contributed by atoms with Gasteiger partial charge in [0.2, 0.25) is 0 Å². The molecule has 1 unspecified atom stereocenters. The zero-order valence-corrected chi connectivity index (χ0v) is 17.0. The summed E-state index contributed by atoms with van der Waals surface area (Å²) in [4.78, 5) is 12.4. The van der Waals surface area contributed by atoms with Crippen LogP contribution in [0.4, 0.5) is 5.69 Å². The lowest BCUT2D eigenvalue weighted by atomic mass is 10.1. The van der Waals surface area contributed by atoms with E-state index in [0.29, 0.717) is 11.3 Å². The molecule has 0 saturated heterocycles. The van der Waals surface area contributed by atoms with Crippen LogP contribution in [0, 0.1) is 0 Å². The van der Waals surface area contributed by atoms with Gasteiger partial charge in [-0.3, -0.25) is 4.79 Å². The summed E-state index contributed by atoms with van der Waals surface area (Å²) >= 11 is 3.34. The topological polar surface area (TPSA) is 83.0 Å². The Bertz CT molecular complexity index is 1030. The maximum absolute atomic E-state index is 12.4. The summed E-state index contributed by atoms with van der Waals surface area (Å²) in [7, 11) is 1.46. The van der Waals surface area contributed by atoms with Crippen molar-refractivity contribution in [3.8, 4) is 11.5 Å². The van der Waals surface area contributed by atoms with Gasteiger partial charge in [0.05, 0.1) is 13.3 Å². The lowest BCUT2D eigenvalue weighted by Crippen LogP contribution is -2.34. The van der Waals surface area contributed by atoms with Gasteiger partial charge in [-0.15, -0.1) is 0 Å². The Hall–Kier alpha value is -3.06. The fraction of sp³-hybridized carbons (Fsp3) is 0.143. The molecule has 0 aromatic heterocycles. The Balaban J connectivity index is 1.68. The molecular formula is C21H20BrN3O3. The van der Waals surface area contributed by atoms with Crippen LogP contribution in [0.3, 0.4) is 0 Å². The smallest absolute Gasteiger partial charge is 0.262 e. The molecule has 1 amide bonds. The third kappa shape index (κ3) is 4.43. The van der Waals surface area contributed by atoms with Crippen molar-refractivity contribution >= 4 is 44.5 Å². The van der Waals surface area contributed by atoms with Crippen LogP contribution >= 0.6 is 15.9 Å². The first-order valence-electron chi connectivity index (χ1n) is 8.63. The number of hydrogen-bond donors (Lipinski definition) is 3. The molecule has 3 rings (SSSR count). The minimum Gasteiger partial charge on any atom is -0.504 e. The molecule has 0 heterocycles. The molecule has 0 aliphatic heterocycles. The van der Waals surface area contributed by atoms with Gasteiger partial charge in [-0.1, -0.05) is 52.3 Å². The summed E-state index contributed by atoms with van der Waals surface area (Å²) in [5, 5.41) is 19.4. The predicted octanol–water partition coefficient (Wildman–Crippen LogP) is 4.27. The highest BCUT2D eigenvalue weighted by Crippen LogP contribution is 2.32. The Morgan fingerprint density at radius 1 is 1.21 bits per heavy atom. The van der Waals surface area contributed by atoms with Crippen LogP contribution < -0.4 is 15.5 Å². The van der Waals surface area contributed by atoms with Crippen molar-refractivity contribution in [1.82, 2.24) is 5.43 Å². The molecular weight excluding hydrogens is 422 g/mol. The molecule has 6 nitrogen and oxygen atoms in total. The number of anilines is 1. The number of phenols is 1. The molecule has 3 aromatic carbocycles. The summed E-state index contributed by atoms with van der Waals surface area (Å²) in [5.74, 6) is -0.0376. The first-order chi connectivity index (χ1) is 13.5. The zero-order chi connectivity index (χ0) is 20.1. The molecule has 3 N–H and O–H groups in total. The third-order valence-corrected chi connectivity index (χ3v) is 4.68. The molecule has 0 aliphatic rings. The number of rotatable bonds is 6. The Kier molecular flexibility index (Phi) is 6.16. The number of ether oxygens (including phenoxy) is 1. The highest BCUT2D eigenvalue weighted by atomic mass is 79.9. The maximum Gasteiger partial charge on any atom is 0.262 e. The van der Waals surface area contributed by atoms with E-state index in [4.69, 9.17) is 4.74 Å². The van der Waals surface area contributed by atoms with Gasteiger partial charge in [-0.25, -0.2) is 5.43 Å². The van der Waals surface area contributed by atoms with Crippen molar-refractivity contribution in [2.75, 3.05) is 12.4 Å². The molecule has 7 heteroatoms.